The second-order valence-electron chi connectivity index (χ2n) is 7.47. The fourth-order valence-corrected chi connectivity index (χ4v) is 3.62. The molecule has 0 radical (unpaired) electrons. The van der Waals surface area contributed by atoms with Crippen LogP contribution in [0.3, 0.4) is 0 Å². The van der Waals surface area contributed by atoms with Crippen LogP contribution in [-0.2, 0) is 13.1 Å². The van der Waals surface area contributed by atoms with E-state index in [0.717, 1.165) is 46.3 Å². The third-order valence-electron chi connectivity index (χ3n) is 5.21. The van der Waals surface area contributed by atoms with Crippen LogP contribution in [0.1, 0.15) is 16.8 Å². The number of nitrogens with zero attached hydrogens (tertiary/aromatic N) is 5. The van der Waals surface area contributed by atoms with Gasteiger partial charge in [0.2, 0.25) is 0 Å². The average Bonchev–Trinajstić information content (AvgIpc) is 3.13. The molecule has 0 aliphatic carbocycles. The highest BCUT2D eigenvalue weighted by molar-refractivity contribution is 5.80. The predicted molar refractivity (Wildman–Crippen MR) is 115 cm³/mol. The zero-order valence-electron chi connectivity index (χ0n) is 17.0. The molecule has 3 heterocycles. The quantitative estimate of drug-likeness (QED) is 0.716. The van der Waals surface area contributed by atoms with E-state index >= 15 is 0 Å². The Labute approximate surface area is 170 Å². The summed E-state index contributed by atoms with van der Waals surface area (Å²) >= 11 is 0. The maximum atomic E-state index is 13.0. The summed E-state index contributed by atoms with van der Waals surface area (Å²) in [5.41, 5.74) is 6.33. The SMILES string of the molecule is C=C1CN(C)c2cc(NCc3cnn(Cc4ccc(F)cc4)c3)nc(C)c2N1C. The van der Waals surface area contributed by atoms with Gasteiger partial charge >= 0.3 is 0 Å². The van der Waals surface area contributed by atoms with Crippen molar-refractivity contribution in [3.8, 4) is 0 Å². The number of pyridine rings is 1. The number of hydrogen-bond acceptors (Lipinski definition) is 5. The fourth-order valence-electron chi connectivity index (χ4n) is 3.62. The van der Waals surface area contributed by atoms with Crippen LogP contribution in [0.5, 0.6) is 0 Å². The van der Waals surface area contributed by atoms with Gasteiger partial charge in [0.05, 0.1) is 36.4 Å². The molecule has 1 N–H and O–H groups in total. The van der Waals surface area contributed by atoms with Crippen molar-refractivity contribution in [3.63, 3.8) is 0 Å². The summed E-state index contributed by atoms with van der Waals surface area (Å²) in [7, 11) is 4.10. The first kappa shape index (κ1) is 19.0. The van der Waals surface area contributed by atoms with Gasteiger partial charge in [0.15, 0.2) is 0 Å². The van der Waals surface area contributed by atoms with Gasteiger partial charge < -0.3 is 15.1 Å². The molecule has 29 heavy (non-hydrogen) atoms. The van der Waals surface area contributed by atoms with Crippen molar-refractivity contribution in [1.29, 1.82) is 0 Å². The van der Waals surface area contributed by atoms with E-state index in [0.29, 0.717) is 13.1 Å². The molecule has 0 spiro atoms. The lowest BCUT2D eigenvalue weighted by Crippen LogP contribution is -2.35. The van der Waals surface area contributed by atoms with Gasteiger partial charge in [-0.05, 0) is 24.6 Å². The van der Waals surface area contributed by atoms with Crippen molar-refractivity contribution in [2.75, 3.05) is 35.8 Å². The first-order valence-electron chi connectivity index (χ1n) is 9.54. The number of aryl methyl sites for hydroxylation is 1. The van der Waals surface area contributed by atoms with Gasteiger partial charge in [0.1, 0.15) is 11.6 Å². The Morgan fingerprint density at radius 2 is 1.93 bits per heavy atom. The van der Waals surface area contributed by atoms with E-state index in [1.807, 2.05) is 31.0 Å². The molecule has 7 heteroatoms. The van der Waals surface area contributed by atoms with Crippen molar-refractivity contribution in [1.82, 2.24) is 14.8 Å². The number of likely N-dealkylation sites (N-methyl/N-ethyl adjacent to an activating group) is 2. The van der Waals surface area contributed by atoms with E-state index < -0.39 is 0 Å². The zero-order valence-corrected chi connectivity index (χ0v) is 17.0. The molecule has 6 nitrogen and oxygen atoms in total. The molecule has 1 aliphatic rings. The number of halogens is 1. The molecule has 0 bridgehead atoms. The van der Waals surface area contributed by atoms with E-state index in [-0.39, 0.29) is 5.82 Å². The smallest absolute Gasteiger partial charge is 0.128 e. The third kappa shape index (κ3) is 3.94. The minimum Gasteiger partial charge on any atom is -0.367 e. The van der Waals surface area contributed by atoms with Crippen LogP contribution in [0.2, 0.25) is 0 Å². The zero-order chi connectivity index (χ0) is 20.5. The highest BCUT2D eigenvalue weighted by Gasteiger charge is 2.24. The van der Waals surface area contributed by atoms with E-state index in [1.54, 1.807) is 12.1 Å². The van der Waals surface area contributed by atoms with Crippen LogP contribution >= 0.6 is 0 Å². The summed E-state index contributed by atoms with van der Waals surface area (Å²) in [4.78, 5) is 9.03. The van der Waals surface area contributed by atoms with Gasteiger partial charge in [-0.2, -0.15) is 5.10 Å². The van der Waals surface area contributed by atoms with Crippen LogP contribution in [0, 0.1) is 12.7 Å². The summed E-state index contributed by atoms with van der Waals surface area (Å²) in [5.74, 6) is 0.605. The lowest BCUT2D eigenvalue weighted by atomic mass is 10.1. The van der Waals surface area contributed by atoms with Crippen LogP contribution < -0.4 is 15.1 Å². The number of fused-ring (bicyclic) bond motifs is 1. The summed E-state index contributed by atoms with van der Waals surface area (Å²) in [6.45, 7) is 8.18. The maximum absolute atomic E-state index is 13.0. The summed E-state index contributed by atoms with van der Waals surface area (Å²) < 4.78 is 14.9. The molecule has 0 unspecified atom stereocenters. The minimum atomic E-state index is -0.229. The second kappa shape index (κ2) is 7.58. The Balaban J connectivity index is 1.45. The Bertz CT molecular complexity index is 1040. The third-order valence-corrected chi connectivity index (χ3v) is 5.21. The molecule has 4 rings (SSSR count). The Morgan fingerprint density at radius 3 is 2.69 bits per heavy atom. The highest BCUT2D eigenvalue weighted by atomic mass is 19.1. The van der Waals surface area contributed by atoms with Crippen LogP contribution in [0.4, 0.5) is 21.6 Å². The molecule has 0 atom stereocenters. The topological polar surface area (TPSA) is 49.2 Å². The molecule has 150 valence electrons. The molecule has 1 aliphatic heterocycles. The van der Waals surface area contributed by atoms with Crippen molar-refractivity contribution >= 4 is 17.2 Å². The van der Waals surface area contributed by atoms with E-state index in [1.165, 1.54) is 12.1 Å². The second-order valence-corrected chi connectivity index (χ2v) is 7.47. The van der Waals surface area contributed by atoms with Gasteiger partial charge in [-0.3, -0.25) is 4.68 Å². The molecular weight excluding hydrogens is 367 g/mol. The largest absolute Gasteiger partial charge is 0.367 e. The first-order valence-corrected chi connectivity index (χ1v) is 9.54. The van der Waals surface area contributed by atoms with Gasteiger partial charge in [-0.15, -0.1) is 0 Å². The van der Waals surface area contributed by atoms with E-state index in [4.69, 9.17) is 4.98 Å². The van der Waals surface area contributed by atoms with Crippen molar-refractivity contribution < 1.29 is 4.39 Å². The maximum Gasteiger partial charge on any atom is 0.128 e. The molecule has 0 amide bonds. The lowest BCUT2D eigenvalue weighted by Gasteiger charge is -2.37. The van der Waals surface area contributed by atoms with Crippen molar-refractivity contribution in [2.24, 2.45) is 0 Å². The van der Waals surface area contributed by atoms with E-state index in [9.17, 15) is 4.39 Å². The minimum absolute atomic E-state index is 0.229. The predicted octanol–water partition coefficient (Wildman–Crippen LogP) is 3.79. The molecule has 0 saturated heterocycles. The van der Waals surface area contributed by atoms with Gasteiger partial charge in [-0.25, -0.2) is 9.37 Å². The Morgan fingerprint density at radius 1 is 1.17 bits per heavy atom. The highest BCUT2D eigenvalue weighted by Crippen LogP contribution is 2.38. The first-order chi connectivity index (χ1) is 13.9. The van der Waals surface area contributed by atoms with Crippen molar-refractivity contribution in [3.05, 3.63) is 77.6 Å². The fraction of sp³-hybridized carbons (Fsp3) is 0.273. The van der Waals surface area contributed by atoms with Gasteiger partial charge in [0.25, 0.3) is 0 Å². The summed E-state index contributed by atoms with van der Waals surface area (Å²) in [6, 6.07) is 8.56. The monoisotopic (exact) mass is 392 g/mol. The van der Waals surface area contributed by atoms with Crippen LogP contribution in [0.15, 0.2) is 55.0 Å². The lowest BCUT2D eigenvalue weighted by molar-refractivity contribution is 0.624. The standard InChI is InChI=1S/C22H25FN6/c1-15-12-27(3)20-9-21(26-16(2)22(20)28(15)4)24-10-18-11-25-29(14-18)13-17-5-7-19(23)8-6-17/h5-9,11,14H,1,10,12-13H2,2-4H3,(H,24,26). The Kier molecular flexibility index (Phi) is 4.96. The van der Waals surface area contributed by atoms with Crippen molar-refractivity contribution in [2.45, 2.75) is 20.0 Å². The summed E-state index contributed by atoms with van der Waals surface area (Å²) in [6.07, 6.45) is 3.83. The normalized spacial score (nSPS) is 13.6. The number of nitrogens with one attached hydrogen (secondary N) is 1. The molecule has 2 aromatic heterocycles. The van der Waals surface area contributed by atoms with Gasteiger partial charge in [0, 0.05) is 44.2 Å². The molecule has 3 aromatic rings. The Hall–Kier alpha value is -3.35. The average molecular weight is 392 g/mol. The van der Waals surface area contributed by atoms with Crippen LogP contribution in [0.25, 0.3) is 0 Å². The van der Waals surface area contributed by atoms with Gasteiger partial charge in [-0.1, -0.05) is 18.7 Å². The molecule has 1 aromatic carbocycles. The number of hydrogen-bond donors (Lipinski definition) is 1. The summed E-state index contributed by atoms with van der Waals surface area (Å²) in [5, 5.41) is 7.80. The number of aromatic nitrogens is 3. The van der Waals surface area contributed by atoms with E-state index in [2.05, 4.69) is 39.9 Å². The number of anilines is 3. The number of benzene rings is 1. The number of rotatable bonds is 5. The molecular formula is C22H25FN6. The van der Waals surface area contributed by atoms with Crippen LogP contribution in [-0.4, -0.2) is 35.4 Å². The molecule has 0 fully saturated rings. The molecule has 0 saturated carbocycles.